The predicted molar refractivity (Wildman–Crippen MR) is 115 cm³/mol. The Morgan fingerprint density at radius 1 is 1.12 bits per heavy atom. The first kappa shape index (κ1) is 23.7. The summed E-state index contributed by atoms with van der Waals surface area (Å²) in [6.07, 6.45) is -1.14. The molecule has 0 bridgehead atoms. The van der Waals surface area contributed by atoms with Gasteiger partial charge < -0.3 is 10.4 Å². The third-order valence-electron chi connectivity index (χ3n) is 4.92. The molecule has 0 aliphatic heterocycles. The first-order chi connectivity index (χ1) is 15.6. The zero-order chi connectivity index (χ0) is 24.2. The fourth-order valence-corrected chi connectivity index (χ4v) is 3.18. The molecule has 0 unspecified atom stereocenters. The minimum Gasteiger partial charge on any atom is -0.478 e. The van der Waals surface area contributed by atoms with Gasteiger partial charge in [0, 0.05) is 0 Å². The van der Waals surface area contributed by atoms with Crippen LogP contribution in [0, 0.1) is 0 Å². The molecule has 1 atom stereocenters. The second kappa shape index (κ2) is 9.68. The molecule has 0 radical (unpaired) electrons. The van der Waals surface area contributed by atoms with Crippen LogP contribution in [0.3, 0.4) is 0 Å². The van der Waals surface area contributed by atoms with Crippen LogP contribution in [-0.2, 0) is 12.7 Å². The number of alkyl halides is 3. The SMILES string of the molecule is C/C=C/c1nnn(Cc2ccc(C(F)(F)F)cc2)c1C(=O)N[C@H](C)c1ccc(C(=O)O)cc1. The standard InChI is InChI=1S/C23H21F3N4O3/c1-3-4-19-20(21(31)27-14(2)16-7-9-17(10-8-16)22(32)33)30(29-28-19)13-15-5-11-18(12-6-15)23(24,25)26/h3-12,14H,13H2,1-2H3,(H,27,31)(H,32,33)/b4-3+/t14-/m1/s1. The number of allylic oxidation sites excluding steroid dienone is 1. The van der Waals surface area contributed by atoms with Crippen molar-refractivity contribution in [3.63, 3.8) is 0 Å². The van der Waals surface area contributed by atoms with Crippen LogP contribution in [0.4, 0.5) is 13.2 Å². The molecular formula is C23H21F3N4O3. The molecule has 1 heterocycles. The van der Waals surface area contributed by atoms with E-state index in [-0.39, 0.29) is 17.8 Å². The maximum absolute atomic E-state index is 13.1. The van der Waals surface area contributed by atoms with Crippen LogP contribution < -0.4 is 5.32 Å². The van der Waals surface area contributed by atoms with Gasteiger partial charge >= 0.3 is 12.1 Å². The molecule has 0 spiro atoms. The fraction of sp³-hybridized carbons (Fsp3) is 0.217. The molecule has 2 N–H and O–H groups in total. The molecule has 3 aromatic rings. The minimum absolute atomic E-state index is 0.0487. The maximum Gasteiger partial charge on any atom is 0.416 e. The molecule has 172 valence electrons. The van der Waals surface area contributed by atoms with Gasteiger partial charge in [0.2, 0.25) is 0 Å². The summed E-state index contributed by atoms with van der Waals surface area (Å²) in [5.41, 5.74) is 1.05. The minimum atomic E-state index is -4.44. The lowest BCUT2D eigenvalue weighted by atomic mass is 10.1. The number of rotatable bonds is 7. The molecule has 0 saturated carbocycles. The van der Waals surface area contributed by atoms with Crippen molar-refractivity contribution in [3.05, 3.63) is 88.2 Å². The van der Waals surface area contributed by atoms with Crippen molar-refractivity contribution < 1.29 is 27.9 Å². The number of carbonyl (C=O) groups is 2. The fourth-order valence-electron chi connectivity index (χ4n) is 3.18. The summed E-state index contributed by atoms with van der Waals surface area (Å²) >= 11 is 0. The molecule has 0 saturated heterocycles. The van der Waals surface area contributed by atoms with E-state index in [1.165, 1.54) is 28.9 Å². The van der Waals surface area contributed by atoms with Gasteiger partial charge in [0.1, 0.15) is 5.69 Å². The summed E-state index contributed by atoms with van der Waals surface area (Å²) in [5.74, 6) is -1.53. The van der Waals surface area contributed by atoms with Crippen LogP contribution in [0.1, 0.15) is 63.1 Å². The van der Waals surface area contributed by atoms with Gasteiger partial charge in [0.15, 0.2) is 5.69 Å². The zero-order valence-electron chi connectivity index (χ0n) is 17.8. The lowest BCUT2D eigenvalue weighted by Gasteiger charge is -2.15. The number of aromatic carboxylic acids is 1. The number of aromatic nitrogens is 3. The highest BCUT2D eigenvalue weighted by atomic mass is 19.4. The average Bonchev–Trinajstić information content (AvgIpc) is 3.16. The van der Waals surface area contributed by atoms with Gasteiger partial charge in [0.25, 0.3) is 5.91 Å². The van der Waals surface area contributed by atoms with Crippen molar-refractivity contribution in [3.8, 4) is 0 Å². The Hall–Kier alpha value is -3.95. The van der Waals surface area contributed by atoms with E-state index in [0.29, 0.717) is 16.8 Å². The number of hydrogen-bond acceptors (Lipinski definition) is 4. The molecular weight excluding hydrogens is 437 g/mol. The van der Waals surface area contributed by atoms with Crippen LogP contribution in [0.5, 0.6) is 0 Å². The lowest BCUT2D eigenvalue weighted by molar-refractivity contribution is -0.137. The van der Waals surface area contributed by atoms with Crippen LogP contribution in [-0.4, -0.2) is 32.0 Å². The average molecular weight is 458 g/mol. The quantitative estimate of drug-likeness (QED) is 0.541. The number of amides is 1. The van der Waals surface area contributed by atoms with E-state index >= 15 is 0 Å². The summed E-state index contributed by atoms with van der Waals surface area (Å²) in [6.45, 7) is 3.54. The van der Waals surface area contributed by atoms with Crippen molar-refractivity contribution in [1.82, 2.24) is 20.3 Å². The van der Waals surface area contributed by atoms with Crippen LogP contribution >= 0.6 is 0 Å². The number of carbonyl (C=O) groups excluding carboxylic acids is 1. The van der Waals surface area contributed by atoms with Crippen molar-refractivity contribution in [1.29, 1.82) is 0 Å². The number of carboxylic acids is 1. The lowest BCUT2D eigenvalue weighted by Crippen LogP contribution is -2.29. The molecule has 7 nitrogen and oxygen atoms in total. The molecule has 33 heavy (non-hydrogen) atoms. The number of nitrogens with one attached hydrogen (secondary N) is 1. The van der Waals surface area contributed by atoms with E-state index in [1.807, 2.05) is 0 Å². The Balaban J connectivity index is 1.83. The van der Waals surface area contributed by atoms with E-state index in [4.69, 9.17) is 5.11 Å². The smallest absolute Gasteiger partial charge is 0.416 e. The van der Waals surface area contributed by atoms with Crippen molar-refractivity contribution >= 4 is 18.0 Å². The van der Waals surface area contributed by atoms with Gasteiger partial charge in [0.05, 0.1) is 23.7 Å². The summed E-state index contributed by atoms with van der Waals surface area (Å²) < 4.78 is 39.8. The highest BCUT2D eigenvalue weighted by Crippen LogP contribution is 2.29. The Bertz CT molecular complexity index is 1170. The summed E-state index contributed by atoms with van der Waals surface area (Å²) in [6, 6.07) is 10.3. The molecule has 10 heteroatoms. The van der Waals surface area contributed by atoms with Gasteiger partial charge in [-0.25, -0.2) is 9.48 Å². The third kappa shape index (κ3) is 5.65. The van der Waals surface area contributed by atoms with Crippen LogP contribution in [0.25, 0.3) is 6.08 Å². The second-order valence-corrected chi connectivity index (χ2v) is 7.30. The van der Waals surface area contributed by atoms with Crippen molar-refractivity contribution in [2.24, 2.45) is 0 Å². The maximum atomic E-state index is 13.1. The highest BCUT2D eigenvalue weighted by molar-refractivity contribution is 5.95. The second-order valence-electron chi connectivity index (χ2n) is 7.30. The van der Waals surface area contributed by atoms with Crippen LogP contribution in [0.2, 0.25) is 0 Å². The highest BCUT2D eigenvalue weighted by Gasteiger charge is 2.30. The van der Waals surface area contributed by atoms with Crippen LogP contribution in [0.15, 0.2) is 54.6 Å². The summed E-state index contributed by atoms with van der Waals surface area (Å²) in [5, 5.41) is 19.9. The van der Waals surface area contributed by atoms with E-state index < -0.39 is 29.7 Å². The van der Waals surface area contributed by atoms with Crippen molar-refractivity contribution in [2.45, 2.75) is 32.6 Å². The normalized spacial score (nSPS) is 12.6. The Morgan fingerprint density at radius 2 is 1.76 bits per heavy atom. The largest absolute Gasteiger partial charge is 0.478 e. The Kier molecular flexibility index (Phi) is 6.95. The van der Waals surface area contributed by atoms with Gasteiger partial charge in [-0.2, -0.15) is 13.2 Å². The number of nitrogens with zero attached hydrogens (tertiary/aromatic N) is 3. The molecule has 1 aromatic heterocycles. The van der Waals surface area contributed by atoms with Gasteiger partial charge in [-0.3, -0.25) is 4.79 Å². The summed E-state index contributed by atoms with van der Waals surface area (Å²) in [7, 11) is 0. The van der Waals surface area contributed by atoms with E-state index in [9.17, 15) is 22.8 Å². The topological polar surface area (TPSA) is 97.1 Å². The molecule has 2 aromatic carbocycles. The summed E-state index contributed by atoms with van der Waals surface area (Å²) in [4.78, 5) is 24.1. The number of halogens is 3. The Morgan fingerprint density at radius 3 is 2.30 bits per heavy atom. The first-order valence-electron chi connectivity index (χ1n) is 9.96. The third-order valence-corrected chi connectivity index (χ3v) is 4.92. The van der Waals surface area contributed by atoms with Gasteiger partial charge in [-0.1, -0.05) is 35.6 Å². The first-order valence-corrected chi connectivity index (χ1v) is 9.96. The molecule has 1 amide bonds. The number of hydrogen-bond donors (Lipinski definition) is 2. The monoisotopic (exact) mass is 458 g/mol. The van der Waals surface area contributed by atoms with Crippen molar-refractivity contribution in [2.75, 3.05) is 0 Å². The zero-order valence-corrected chi connectivity index (χ0v) is 17.8. The molecule has 0 aliphatic carbocycles. The predicted octanol–water partition coefficient (Wildman–Crippen LogP) is 4.57. The Labute approximate surface area is 187 Å². The van der Waals surface area contributed by atoms with E-state index in [0.717, 1.165) is 12.1 Å². The van der Waals surface area contributed by atoms with Gasteiger partial charge in [-0.15, -0.1) is 5.10 Å². The molecule has 3 rings (SSSR count). The van der Waals surface area contributed by atoms with Gasteiger partial charge in [-0.05, 0) is 55.3 Å². The number of benzene rings is 2. The molecule has 0 fully saturated rings. The number of carboxylic acid groups (broad SMARTS) is 1. The van der Waals surface area contributed by atoms with E-state index in [2.05, 4.69) is 15.6 Å². The molecule has 0 aliphatic rings. The van der Waals surface area contributed by atoms with E-state index in [1.54, 1.807) is 38.1 Å².